The van der Waals surface area contributed by atoms with E-state index in [-0.39, 0.29) is 17.9 Å². The fourth-order valence-corrected chi connectivity index (χ4v) is 2.99. The number of hydrogen-bond donors (Lipinski definition) is 1. The molecule has 1 aliphatic heterocycles. The molecule has 1 N–H and O–H groups in total. The molecular weight excluding hydrogens is 240 g/mol. The molecule has 3 nitrogen and oxygen atoms in total. The second kappa shape index (κ2) is 5.93. The minimum Gasteiger partial charge on any atom is -0.496 e. The van der Waals surface area contributed by atoms with Gasteiger partial charge in [-0.25, -0.2) is 0 Å². The zero-order valence-electron chi connectivity index (χ0n) is 12.1. The number of aliphatic hydroxyl groups is 1. The molecule has 1 aliphatic rings. The first-order valence-corrected chi connectivity index (χ1v) is 7.07. The van der Waals surface area contributed by atoms with Gasteiger partial charge >= 0.3 is 0 Å². The highest BCUT2D eigenvalue weighted by atomic mass is 16.5. The quantitative estimate of drug-likeness (QED) is 0.858. The van der Waals surface area contributed by atoms with Crippen LogP contribution in [0.15, 0.2) is 18.2 Å². The average molecular weight is 264 g/mol. The van der Waals surface area contributed by atoms with Crippen LogP contribution in [0.25, 0.3) is 0 Å². The summed E-state index contributed by atoms with van der Waals surface area (Å²) in [6.45, 7) is 5.82. The van der Waals surface area contributed by atoms with Crippen molar-refractivity contribution in [3.8, 4) is 5.75 Å². The van der Waals surface area contributed by atoms with Gasteiger partial charge in [0.25, 0.3) is 0 Å². The van der Waals surface area contributed by atoms with Crippen LogP contribution in [0, 0.1) is 5.92 Å². The molecule has 0 bridgehead atoms. The largest absolute Gasteiger partial charge is 0.496 e. The Morgan fingerprint density at radius 1 is 1.37 bits per heavy atom. The zero-order chi connectivity index (χ0) is 13.9. The second-order valence-electron chi connectivity index (χ2n) is 5.32. The molecule has 3 heteroatoms. The molecule has 0 amide bonds. The molecule has 0 aliphatic carbocycles. The Bertz CT molecular complexity index is 420. The highest BCUT2D eigenvalue weighted by Gasteiger charge is 2.47. The molecule has 19 heavy (non-hydrogen) atoms. The van der Waals surface area contributed by atoms with Gasteiger partial charge in [-0.15, -0.1) is 0 Å². The van der Waals surface area contributed by atoms with Gasteiger partial charge in [-0.05, 0) is 24.0 Å². The van der Waals surface area contributed by atoms with Crippen LogP contribution in [0.1, 0.15) is 31.4 Å². The third-order valence-corrected chi connectivity index (χ3v) is 4.42. The summed E-state index contributed by atoms with van der Waals surface area (Å²) < 4.78 is 11.0. The SMILES string of the molecule is CCc1ccc(OC)c(C2(C(CC)CO)COC2)c1. The maximum Gasteiger partial charge on any atom is 0.122 e. The van der Waals surface area contributed by atoms with Crippen molar-refractivity contribution >= 4 is 0 Å². The number of aryl methyl sites for hydroxylation is 1. The summed E-state index contributed by atoms with van der Waals surface area (Å²) in [5.41, 5.74) is 2.41. The van der Waals surface area contributed by atoms with Gasteiger partial charge in [0.1, 0.15) is 5.75 Å². The van der Waals surface area contributed by atoms with Crippen LogP contribution >= 0.6 is 0 Å². The number of ether oxygens (including phenoxy) is 2. The highest BCUT2D eigenvalue weighted by molar-refractivity contribution is 5.44. The van der Waals surface area contributed by atoms with Crippen molar-refractivity contribution in [3.63, 3.8) is 0 Å². The highest BCUT2D eigenvalue weighted by Crippen LogP contribution is 2.45. The van der Waals surface area contributed by atoms with E-state index in [2.05, 4.69) is 26.0 Å². The molecule has 1 fully saturated rings. The molecule has 0 aromatic heterocycles. The molecule has 106 valence electrons. The Hall–Kier alpha value is -1.06. The molecule has 0 saturated carbocycles. The van der Waals surface area contributed by atoms with Gasteiger partial charge in [0.05, 0.1) is 25.7 Å². The van der Waals surface area contributed by atoms with Crippen LogP contribution in [0.5, 0.6) is 5.75 Å². The third-order valence-electron chi connectivity index (χ3n) is 4.42. The normalized spacial score (nSPS) is 18.7. The molecule has 1 aromatic rings. The lowest BCUT2D eigenvalue weighted by atomic mass is 9.67. The van der Waals surface area contributed by atoms with E-state index in [9.17, 15) is 5.11 Å². The Kier molecular flexibility index (Phi) is 4.48. The van der Waals surface area contributed by atoms with E-state index in [0.717, 1.165) is 18.6 Å². The predicted octanol–water partition coefficient (Wildman–Crippen LogP) is 2.54. The Morgan fingerprint density at radius 3 is 2.53 bits per heavy atom. The van der Waals surface area contributed by atoms with Crippen molar-refractivity contribution in [2.24, 2.45) is 5.92 Å². The van der Waals surface area contributed by atoms with Crippen molar-refractivity contribution in [1.82, 2.24) is 0 Å². The van der Waals surface area contributed by atoms with E-state index >= 15 is 0 Å². The molecular formula is C16H24O3. The van der Waals surface area contributed by atoms with Crippen molar-refractivity contribution in [1.29, 1.82) is 0 Å². The minimum atomic E-state index is -0.0833. The third kappa shape index (κ3) is 2.37. The first-order valence-electron chi connectivity index (χ1n) is 7.07. The van der Waals surface area contributed by atoms with Crippen LogP contribution in [0.4, 0.5) is 0 Å². The van der Waals surface area contributed by atoms with Crippen molar-refractivity contribution in [3.05, 3.63) is 29.3 Å². The maximum absolute atomic E-state index is 9.68. The topological polar surface area (TPSA) is 38.7 Å². The van der Waals surface area contributed by atoms with Crippen LogP contribution in [-0.2, 0) is 16.6 Å². The smallest absolute Gasteiger partial charge is 0.122 e. The van der Waals surface area contributed by atoms with Crippen molar-refractivity contribution in [2.45, 2.75) is 32.1 Å². The fraction of sp³-hybridized carbons (Fsp3) is 0.625. The summed E-state index contributed by atoms with van der Waals surface area (Å²) in [7, 11) is 1.71. The lowest BCUT2D eigenvalue weighted by molar-refractivity contribution is -0.102. The standard InChI is InChI=1S/C16H24O3/c1-4-12-6-7-15(18-3)14(8-12)16(10-19-11-16)13(5-2)9-17/h6-8,13,17H,4-5,9-11H2,1-3H3. The summed E-state index contributed by atoms with van der Waals surface area (Å²) >= 11 is 0. The van der Waals surface area contributed by atoms with Gasteiger partial charge in [-0.3, -0.25) is 0 Å². The summed E-state index contributed by atoms with van der Waals surface area (Å²) in [5, 5.41) is 9.68. The van der Waals surface area contributed by atoms with E-state index < -0.39 is 0 Å². The lowest BCUT2D eigenvalue weighted by Gasteiger charge is -2.47. The summed E-state index contributed by atoms with van der Waals surface area (Å²) in [6.07, 6.45) is 1.95. The van der Waals surface area contributed by atoms with Crippen molar-refractivity contribution < 1.29 is 14.6 Å². The summed E-state index contributed by atoms with van der Waals surface area (Å²) in [4.78, 5) is 0. The molecule has 2 rings (SSSR count). The maximum atomic E-state index is 9.68. The lowest BCUT2D eigenvalue weighted by Crippen LogP contribution is -2.53. The number of methoxy groups -OCH3 is 1. The fourth-order valence-electron chi connectivity index (χ4n) is 2.99. The van der Waals surface area contributed by atoms with Gasteiger partial charge in [-0.1, -0.05) is 32.4 Å². The van der Waals surface area contributed by atoms with Gasteiger partial charge in [0.2, 0.25) is 0 Å². The van der Waals surface area contributed by atoms with Crippen LogP contribution in [-0.4, -0.2) is 32.0 Å². The molecule has 1 unspecified atom stereocenters. The second-order valence-corrected chi connectivity index (χ2v) is 5.32. The van der Waals surface area contributed by atoms with E-state index in [4.69, 9.17) is 9.47 Å². The Morgan fingerprint density at radius 2 is 2.11 bits per heavy atom. The minimum absolute atomic E-state index is 0.0833. The Balaban J connectivity index is 2.47. The monoisotopic (exact) mass is 264 g/mol. The van der Waals surface area contributed by atoms with E-state index in [1.807, 2.05) is 6.07 Å². The molecule has 0 radical (unpaired) electrons. The predicted molar refractivity (Wildman–Crippen MR) is 75.7 cm³/mol. The summed E-state index contributed by atoms with van der Waals surface area (Å²) in [6, 6.07) is 6.37. The van der Waals surface area contributed by atoms with Gasteiger partial charge in [-0.2, -0.15) is 0 Å². The van der Waals surface area contributed by atoms with Gasteiger partial charge in [0, 0.05) is 12.2 Å². The molecule has 0 spiro atoms. The van der Waals surface area contributed by atoms with Crippen LogP contribution < -0.4 is 4.74 Å². The number of aliphatic hydroxyl groups excluding tert-OH is 1. The zero-order valence-corrected chi connectivity index (χ0v) is 12.1. The molecule has 1 atom stereocenters. The average Bonchev–Trinajstić information content (AvgIpc) is 2.42. The molecule has 1 heterocycles. The van der Waals surface area contributed by atoms with E-state index in [1.165, 1.54) is 11.1 Å². The van der Waals surface area contributed by atoms with Gasteiger partial charge < -0.3 is 14.6 Å². The number of hydrogen-bond acceptors (Lipinski definition) is 3. The number of benzene rings is 1. The first kappa shape index (κ1) is 14.4. The van der Waals surface area contributed by atoms with E-state index in [1.54, 1.807) is 7.11 Å². The van der Waals surface area contributed by atoms with Crippen LogP contribution in [0.3, 0.4) is 0 Å². The first-order chi connectivity index (χ1) is 9.21. The van der Waals surface area contributed by atoms with Gasteiger partial charge in [0.15, 0.2) is 0 Å². The molecule has 1 saturated heterocycles. The van der Waals surface area contributed by atoms with Crippen molar-refractivity contribution in [2.75, 3.05) is 26.9 Å². The molecule has 1 aromatic carbocycles. The summed E-state index contributed by atoms with van der Waals surface area (Å²) in [5.74, 6) is 1.13. The van der Waals surface area contributed by atoms with Crippen LogP contribution in [0.2, 0.25) is 0 Å². The van der Waals surface area contributed by atoms with E-state index in [0.29, 0.717) is 13.2 Å². The Labute approximate surface area is 115 Å². The number of rotatable bonds is 6.